The van der Waals surface area contributed by atoms with Crippen LogP contribution in [0.3, 0.4) is 0 Å². The summed E-state index contributed by atoms with van der Waals surface area (Å²) in [6.45, 7) is 5.25. The van der Waals surface area contributed by atoms with Crippen LogP contribution >= 0.6 is 11.6 Å². The van der Waals surface area contributed by atoms with Gasteiger partial charge >= 0.3 is 0 Å². The highest BCUT2D eigenvalue weighted by atomic mass is 35.5. The Morgan fingerprint density at radius 2 is 2.25 bits per heavy atom. The second-order valence-electron chi connectivity index (χ2n) is 4.49. The first-order valence-corrected chi connectivity index (χ1v) is 7.80. The molecule has 1 aliphatic rings. The van der Waals surface area contributed by atoms with Crippen molar-refractivity contribution in [2.45, 2.75) is 39.2 Å². The SMILES string of the molecule is CCC(CCl)NS(=O)(=O)N1CCCC(C)C1. The Kier molecular flexibility index (Phi) is 5.50. The molecule has 1 N–H and O–H groups in total. The summed E-state index contributed by atoms with van der Waals surface area (Å²) in [5.41, 5.74) is 0. The number of alkyl halides is 1. The molecule has 0 radical (unpaired) electrons. The van der Waals surface area contributed by atoms with Gasteiger partial charge in [0.15, 0.2) is 0 Å². The zero-order valence-electron chi connectivity index (χ0n) is 9.95. The van der Waals surface area contributed by atoms with E-state index in [0.29, 0.717) is 31.3 Å². The van der Waals surface area contributed by atoms with Gasteiger partial charge in [0.05, 0.1) is 0 Å². The molecule has 1 aliphatic heterocycles. The van der Waals surface area contributed by atoms with Crippen molar-refractivity contribution in [1.82, 2.24) is 9.03 Å². The fraction of sp³-hybridized carbons (Fsp3) is 1.00. The average Bonchev–Trinajstić information content (AvgIpc) is 2.26. The lowest BCUT2D eigenvalue weighted by molar-refractivity contribution is 0.277. The van der Waals surface area contributed by atoms with Crippen molar-refractivity contribution in [3.63, 3.8) is 0 Å². The summed E-state index contributed by atoms with van der Waals surface area (Å²) in [5.74, 6) is 0.764. The predicted octanol–water partition coefficient (Wildman–Crippen LogP) is 1.57. The van der Waals surface area contributed by atoms with Crippen LogP contribution in [-0.4, -0.2) is 37.7 Å². The van der Waals surface area contributed by atoms with Crippen molar-refractivity contribution >= 4 is 21.8 Å². The summed E-state index contributed by atoms with van der Waals surface area (Å²) in [6.07, 6.45) is 2.77. The lowest BCUT2D eigenvalue weighted by Crippen LogP contribution is -2.49. The Morgan fingerprint density at radius 1 is 1.56 bits per heavy atom. The van der Waals surface area contributed by atoms with Gasteiger partial charge in [-0.2, -0.15) is 17.4 Å². The standard InChI is InChI=1S/C10H21ClN2O2S/c1-3-10(7-11)12-16(14,15)13-6-4-5-9(2)8-13/h9-10,12H,3-8H2,1-2H3. The normalized spacial score (nSPS) is 25.6. The second kappa shape index (κ2) is 6.19. The first kappa shape index (κ1) is 14.2. The molecule has 0 amide bonds. The molecule has 1 rings (SSSR count). The molecule has 0 aromatic heterocycles. The number of halogens is 1. The summed E-state index contributed by atoms with van der Waals surface area (Å²) < 4.78 is 28.2. The molecule has 0 bridgehead atoms. The highest BCUT2D eigenvalue weighted by Crippen LogP contribution is 2.18. The van der Waals surface area contributed by atoms with Gasteiger partial charge in [0.2, 0.25) is 0 Å². The quantitative estimate of drug-likeness (QED) is 0.770. The van der Waals surface area contributed by atoms with Gasteiger partial charge in [0.1, 0.15) is 0 Å². The number of nitrogens with zero attached hydrogens (tertiary/aromatic N) is 1. The molecule has 96 valence electrons. The van der Waals surface area contributed by atoms with Crippen molar-refractivity contribution in [2.24, 2.45) is 5.92 Å². The molecule has 0 spiro atoms. The maximum absolute atomic E-state index is 12.0. The molecule has 0 aromatic carbocycles. The Labute approximate surface area is 104 Å². The molecule has 1 heterocycles. The van der Waals surface area contributed by atoms with E-state index >= 15 is 0 Å². The third kappa shape index (κ3) is 3.87. The minimum Gasteiger partial charge on any atom is -0.198 e. The lowest BCUT2D eigenvalue weighted by Gasteiger charge is -2.31. The monoisotopic (exact) mass is 268 g/mol. The van der Waals surface area contributed by atoms with Crippen LogP contribution in [0, 0.1) is 5.92 Å². The van der Waals surface area contributed by atoms with E-state index in [1.54, 1.807) is 0 Å². The van der Waals surface area contributed by atoms with Crippen molar-refractivity contribution < 1.29 is 8.42 Å². The van der Waals surface area contributed by atoms with Crippen molar-refractivity contribution in [3.05, 3.63) is 0 Å². The summed E-state index contributed by atoms with van der Waals surface area (Å²) in [6, 6.07) is -0.163. The smallest absolute Gasteiger partial charge is 0.198 e. The largest absolute Gasteiger partial charge is 0.279 e. The maximum atomic E-state index is 12.0. The molecule has 4 nitrogen and oxygen atoms in total. The predicted molar refractivity (Wildman–Crippen MR) is 66.8 cm³/mol. The van der Waals surface area contributed by atoms with Gasteiger partial charge in [-0.3, -0.25) is 0 Å². The molecule has 0 saturated carbocycles. The zero-order chi connectivity index (χ0) is 12.2. The van der Waals surface area contributed by atoms with Crippen LogP contribution in [0.5, 0.6) is 0 Å². The second-order valence-corrected chi connectivity index (χ2v) is 6.50. The average molecular weight is 269 g/mol. The highest BCUT2D eigenvalue weighted by Gasteiger charge is 2.28. The highest BCUT2D eigenvalue weighted by molar-refractivity contribution is 7.87. The van der Waals surface area contributed by atoms with Crippen LogP contribution in [0.25, 0.3) is 0 Å². The third-order valence-electron chi connectivity index (χ3n) is 2.95. The van der Waals surface area contributed by atoms with Gasteiger partial charge in [-0.25, -0.2) is 0 Å². The zero-order valence-corrected chi connectivity index (χ0v) is 11.5. The fourth-order valence-electron chi connectivity index (χ4n) is 1.87. The Bertz CT molecular complexity index is 304. The van der Waals surface area contributed by atoms with Crippen molar-refractivity contribution in [1.29, 1.82) is 0 Å². The summed E-state index contributed by atoms with van der Waals surface area (Å²) in [5, 5.41) is 0. The van der Waals surface area contributed by atoms with Crippen LogP contribution < -0.4 is 4.72 Å². The number of nitrogens with one attached hydrogen (secondary N) is 1. The van der Waals surface area contributed by atoms with E-state index in [9.17, 15) is 8.42 Å². The molecule has 0 aliphatic carbocycles. The minimum atomic E-state index is -3.34. The minimum absolute atomic E-state index is 0.163. The summed E-state index contributed by atoms with van der Waals surface area (Å²) >= 11 is 5.70. The molecule has 0 aromatic rings. The van der Waals surface area contributed by atoms with Crippen LogP contribution in [0.4, 0.5) is 0 Å². The fourth-order valence-corrected chi connectivity index (χ4v) is 3.90. The summed E-state index contributed by atoms with van der Waals surface area (Å²) in [4.78, 5) is 0. The van der Waals surface area contributed by atoms with Gasteiger partial charge < -0.3 is 0 Å². The van der Waals surface area contributed by atoms with E-state index in [4.69, 9.17) is 11.6 Å². The number of piperidine rings is 1. The first-order chi connectivity index (χ1) is 7.49. The van der Waals surface area contributed by atoms with Crippen molar-refractivity contribution in [3.8, 4) is 0 Å². The first-order valence-electron chi connectivity index (χ1n) is 5.83. The van der Waals surface area contributed by atoms with E-state index in [2.05, 4.69) is 11.6 Å². The maximum Gasteiger partial charge on any atom is 0.279 e. The molecule has 2 unspecified atom stereocenters. The Balaban J connectivity index is 2.62. The van der Waals surface area contributed by atoms with E-state index in [1.165, 1.54) is 4.31 Å². The third-order valence-corrected chi connectivity index (χ3v) is 4.97. The number of hydrogen-bond acceptors (Lipinski definition) is 2. The Morgan fingerprint density at radius 3 is 2.75 bits per heavy atom. The van der Waals surface area contributed by atoms with E-state index in [0.717, 1.165) is 12.8 Å². The van der Waals surface area contributed by atoms with Crippen LogP contribution in [0.15, 0.2) is 0 Å². The Hall–Kier alpha value is 0.160. The van der Waals surface area contributed by atoms with Crippen LogP contribution in [-0.2, 0) is 10.2 Å². The lowest BCUT2D eigenvalue weighted by atomic mass is 10.0. The van der Waals surface area contributed by atoms with Gasteiger partial charge in [0.25, 0.3) is 10.2 Å². The summed E-state index contributed by atoms with van der Waals surface area (Å²) in [7, 11) is -3.34. The number of rotatable bonds is 5. The molecule has 1 fully saturated rings. The molecular formula is C10H21ClN2O2S. The van der Waals surface area contributed by atoms with E-state index in [-0.39, 0.29) is 6.04 Å². The van der Waals surface area contributed by atoms with Gasteiger partial charge in [0, 0.05) is 25.0 Å². The van der Waals surface area contributed by atoms with E-state index < -0.39 is 10.2 Å². The van der Waals surface area contributed by atoms with Gasteiger partial charge in [-0.1, -0.05) is 13.8 Å². The molecule has 6 heteroatoms. The van der Waals surface area contributed by atoms with Crippen LogP contribution in [0.1, 0.15) is 33.1 Å². The molecule has 16 heavy (non-hydrogen) atoms. The van der Waals surface area contributed by atoms with Crippen molar-refractivity contribution in [2.75, 3.05) is 19.0 Å². The van der Waals surface area contributed by atoms with Crippen LogP contribution in [0.2, 0.25) is 0 Å². The topological polar surface area (TPSA) is 49.4 Å². The molecule has 1 saturated heterocycles. The molecular weight excluding hydrogens is 248 g/mol. The van der Waals surface area contributed by atoms with E-state index in [1.807, 2.05) is 6.92 Å². The van der Waals surface area contributed by atoms with Gasteiger partial charge in [-0.05, 0) is 25.2 Å². The number of hydrogen-bond donors (Lipinski definition) is 1. The molecule has 2 atom stereocenters. The van der Waals surface area contributed by atoms with Gasteiger partial charge in [-0.15, -0.1) is 11.6 Å².